The van der Waals surface area contributed by atoms with E-state index in [1.54, 1.807) is 12.1 Å². The highest BCUT2D eigenvalue weighted by atomic mass is 16.5. The monoisotopic (exact) mass is 353 g/mol. The Bertz CT molecular complexity index is 703. The average Bonchev–Trinajstić information content (AvgIpc) is 2.68. The molecule has 3 rings (SSSR count). The van der Waals surface area contributed by atoms with Crippen molar-refractivity contribution in [2.45, 2.75) is 26.2 Å². The molecule has 138 valence electrons. The molecule has 0 aromatic heterocycles. The fraction of sp³-hybridized carbons (Fsp3) is 0.409. The molecule has 0 bridgehead atoms. The lowest BCUT2D eigenvalue weighted by molar-refractivity contribution is 0.0697. The van der Waals surface area contributed by atoms with Crippen molar-refractivity contribution in [3.63, 3.8) is 0 Å². The van der Waals surface area contributed by atoms with Gasteiger partial charge in [0.05, 0.1) is 18.8 Å². The molecule has 0 amide bonds. The van der Waals surface area contributed by atoms with E-state index in [-0.39, 0.29) is 0 Å². The van der Waals surface area contributed by atoms with E-state index in [1.807, 2.05) is 12.1 Å². The summed E-state index contributed by atoms with van der Waals surface area (Å²) in [6.45, 7) is 5.82. The van der Waals surface area contributed by atoms with Crippen molar-refractivity contribution in [1.29, 1.82) is 0 Å². The van der Waals surface area contributed by atoms with Gasteiger partial charge in [0.1, 0.15) is 0 Å². The molecule has 2 aromatic rings. The Morgan fingerprint density at radius 3 is 2.27 bits per heavy atom. The molecule has 0 aliphatic carbocycles. The Kier molecular flexibility index (Phi) is 6.29. The molecule has 0 saturated carbocycles. The number of rotatable bonds is 7. The number of ether oxygens (including phenoxy) is 1. The van der Waals surface area contributed by atoms with E-state index in [0.29, 0.717) is 11.5 Å². The molecule has 2 aromatic carbocycles. The summed E-state index contributed by atoms with van der Waals surface area (Å²) in [5.74, 6) is -0.310. The molecule has 4 heteroatoms. The van der Waals surface area contributed by atoms with Crippen LogP contribution >= 0.6 is 0 Å². The van der Waals surface area contributed by atoms with Crippen LogP contribution < -0.4 is 4.90 Å². The zero-order valence-electron chi connectivity index (χ0n) is 15.4. The van der Waals surface area contributed by atoms with Gasteiger partial charge in [-0.1, -0.05) is 31.2 Å². The van der Waals surface area contributed by atoms with E-state index in [2.05, 4.69) is 36.1 Å². The Morgan fingerprint density at radius 1 is 1.04 bits per heavy atom. The summed E-state index contributed by atoms with van der Waals surface area (Å²) in [7, 11) is 0. The van der Waals surface area contributed by atoms with E-state index in [0.717, 1.165) is 45.6 Å². The zero-order valence-corrected chi connectivity index (χ0v) is 15.4. The number of aromatic carboxylic acids is 1. The van der Waals surface area contributed by atoms with Crippen molar-refractivity contribution >= 4 is 11.7 Å². The van der Waals surface area contributed by atoms with Crippen LogP contribution in [0.5, 0.6) is 0 Å². The molecule has 1 unspecified atom stereocenters. The van der Waals surface area contributed by atoms with Gasteiger partial charge in [-0.25, -0.2) is 4.79 Å². The largest absolute Gasteiger partial charge is 0.478 e. The van der Waals surface area contributed by atoms with Crippen molar-refractivity contribution in [1.82, 2.24) is 0 Å². The summed E-state index contributed by atoms with van der Waals surface area (Å²) in [5, 5.41) is 8.96. The third-order valence-corrected chi connectivity index (χ3v) is 5.02. The highest BCUT2D eigenvalue weighted by molar-refractivity contribution is 5.87. The van der Waals surface area contributed by atoms with Gasteiger partial charge in [0.25, 0.3) is 0 Å². The molecule has 1 aliphatic rings. The number of morpholine rings is 1. The molecule has 1 aliphatic heterocycles. The number of hydrogen-bond donors (Lipinski definition) is 1. The van der Waals surface area contributed by atoms with Crippen molar-refractivity contribution in [2.24, 2.45) is 5.92 Å². The number of nitrogens with zero attached hydrogens (tertiary/aromatic N) is 1. The Labute approximate surface area is 155 Å². The first kappa shape index (κ1) is 18.5. The first-order valence-corrected chi connectivity index (χ1v) is 9.35. The SMILES string of the molecule is CC(CCc1ccc(N2CCOCC2)cc1)Cc1ccc(C(=O)O)cc1. The molecule has 1 atom stereocenters. The number of carboxylic acids is 1. The number of hydrogen-bond acceptors (Lipinski definition) is 3. The van der Waals surface area contributed by atoms with Crippen molar-refractivity contribution in [3.05, 3.63) is 65.2 Å². The maximum absolute atomic E-state index is 10.9. The average molecular weight is 353 g/mol. The second-order valence-electron chi connectivity index (χ2n) is 7.12. The molecule has 1 fully saturated rings. The van der Waals surface area contributed by atoms with Crippen LogP contribution in [0.3, 0.4) is 0 Å². The summed E-state index contributed by atoms with van der Waals surface area (Å²) in [5.41, 5.74) is 4.20. The van der Waals surface area contributed by atoms with Crippen LogP contribution in [-0.4, -0.2) is 37.4 Å². The van der Waals surface area contributed by atoms with E-state index < -0.39 is 5.97 Å². The number of benzene rings is 2. The second kappa shape index (κ2) is 8.86. The lowest BCUT2D eigenvalue weighted by Gasteiger charge is -2.29. The van der Waals surface area contributed by atoms with Crippen LogP contribution in [-0.2, 0) is 17.6 Å². The van der Waals surface area contributed by atoms with Gasteiger partial charge in [0.2, 0.25) is 0 Å². The molecule has 1 heterocycles. The first-order valence-electron chi connectivity index (χ1n) is 9.35. The number of anilines is 1. The van der Waals surface area contributed by atoms with Crippen LogP contribution in [0.15, 0.2) is 48.5 Å². The normalized spacial score (nSPS) is 15.7. The Hall–Kier alpha value is -2.33. The molecule has 1 N–H and O–H groups in total. The summed E-state index contributed by atoms with van der Waals surface area (Å²) in [4.78, 5) is 13.3. The summed E-state index contributed by atoms with van der Waals surface area (Å²) >= 11 is 0. The number of carbonyl (C=O) groups is 1. The molecule has 0 radical (unpaired) electrons. The summed E-state index contributed by atoms with van der Waals surface area (Å²) in [6, 6.07) is 16.1. The summed E-state index contributed by atoms with van der Waals surface area (Å²) in [6.07, 6.45) is 3.17. The standard InChI is InChI=1S/C22H27NO3/c1-17(16-19-4-8-20(9-5-19)22(24)25)2-3-18-6-10-21(11-7-18)23-12-14-26-15-13-23/h4-11,17H,2-3,12-16H2,1H3,(H,24,25). The van der Waals surface area contributed by atoms with Crippen LogP contribution in [0, 0.1) is 5.92 Å². The maximum atomic E-state index is 10.9. The minimum absolute atomic E-state index is 0.349. The topological polar surface area (TPSA) is 49.8 Å². The van der Waals surface area contributed by atoms with Gasteiger partial charge in [0, 0.05) is 18.8 Å². The molecule has 4 nitrogen and oxygen atoms in total. The van der Waals surface area contributed by atoms with E-state index >= 15 is 0 Å². The second-order valence-corrected chi connectivity index (χ2v) is 7.12. The van der Waals surface area contributed by atoms with Crippen molar-refractivity contribution in [3.8, 4) is 0 Å². The van der Waals surface area contributed by atoms with Crippen molar-refractivity contribution < 1.29 is 14.6 Å². The lowest BCUT2D eigenvalue weighted by atomic mass is 9.94. The molecule has 0 spiro atoms. The van der Waals surface area contributed by atoms with Gasteiger partial charge in [-0.2, -0.15) is 0 Å². The third kappa shape index (κ3) is 5.09. The highest BCUT2D eigenvalue weighted by Crippen LogP contribution is 2.20. The molecular weight excluding hydrogens is 326 g/mol. The van der Waals surface area contributed by atoms with E-state index in [9.17, 15) is 4.79 Å². The smallest absolute Gasteiger partial charge is 0.335 e. The Balaban J connectivity index is 1.47. The maximum Gasteiger partial charge on any atom is 0.335 e. The van der Waals surface area contributed by atoms with Gasteiger partial charge in [-0.05, 0) is 60.6 Å². The first-order chi connectivity index (χ1) is 12.6. The number of carboxylic acid groups (broad SMARTS) is 1. The minimum atomic E-state index is -0.870. The minimum Gasteiger partial charge on any atom is -0.478 e. The van der Waals surface area contributed by atoms with Gasteiger partial charge in [-0.3, -0.25) is 0 Å². The van der Waals surface area contributed by atoms with Gasteiger partial charge < -0.3 is 14.7 Å². The lowest BCUT2D eigenvalue weighted by Crippen LogP contribution is -2.36. The van der Waals surface area contributed by atoms with Gasteiger partial charge in [0.15, 0.2) is 0 Å². The van der Waals surface area contributed by atoms with Crippen LogP contribution in [0.25, 0.3) is 0 Å². The third-order valence-electron chi connectivity index (χ3n) is 5.02. The Morgan fingerprint density at radius 2 is 1.65 bits per heavy atom. The van der Waals surface area contributed by atoms with Crippen LogP contribution in [0.2, 0.25) is 0 Å². The summed E-state index contributed by atoms with van der Waals surface area (Å²) < 4.78 is 5.41. The van der Waals surface area contributed by atoms with Gasteiger partial charge >= 0.3 is 5.97 Å². The molecular formula is C22H27NO3. The molecule has 1 saturated heterocycles. The quantitative estimate of drug-likeness (QED) is 0.816. The van der Waals surface area contributed by atoms with Gasteiger partial charge in [-0.15, -0.1) is 0 Å². The van der Waals surface area contributed by atoms with E-state index in [1.165, 1.54) is 16.8 Å². The van der Waals surface area contributed by atoms with E-state index in [4.69, 9.17) is 9.84 Å². The predicted octanol–water partition coefficient (Wildman–Crippen LogP) is 4.03. The highest BCUT2D eigenvalue weighted by Gasteiger charge is 2.11. The number of aryl methyl sites for hydroxylation is 1. The van der Waals surface area contributed by atoms with Crippen molar-refractivity contribution in [2.75, 3.05) is 31.2 Å². The zero-order chi connectivity index (χ0) is 18.4. The predicted molar refractivity (Wildman–Crippen MR) is 104 cm³/mol. The molecule has 26 heavy (non-hydrogen) atoms. The fourth-order valence-corrected chi connectivity index (χ4v) is 3.40. The van der Waals surface area contributed by atoms with Crippen LogP contribution in [0.4, 0.5) is 5.69 Å². The fourth-order valence-electron chi connectivity index (χ4n) is 3.40. The van der Waals surface area contributed by atoms with Crippen LogP contribution in [0.1, 0.15) is 34.8 Å².